The molecule has 22 nitrogen and oxygen atoms in total. The van der Waals surface area contributed by atoms with Crippen LogP contribution in [0.3, 0.4) is 0 Å². The van der Waals surface area contributed by atoms with Crippen LogP contribution in [0.5, 0.6) is 11.5 Å². The number of ketones is 4. The molecule has 6 aliphatic rings. The third-order valence-corrected chi connectivity index (χ3v) is 14.0. The summed E-state index contributed by atoms with van der Waals surface area (Å²) in [4.78, 5) is 79.9. The van der Waals surface area contributed by atoms with Crippen LogP contribution in [0.4, 0.5) is 0 Å². The van der Waals surface area contributed by atoms with Crippen molar-refractivity contribution in [2.24, 2.45) is 35.1 Å². The van der Waals surface area contributed by atoms with Gasteiger partial charge in [0.2, 0.25) is 11.6 Å². The number of hydrogen-bond donors (Lipinski definition) is 13. The molecule has 0 saturated heterocycles. The van der Waals surface area contributed by atoms with Crippen LogP contribution in [-0.2, 0) is 28.8 Å². The van der Waals surface area contributed by atoms with E-state index in [0.717, 1.165) is 0 Å². The Hall–Kier alpha value is -5.92. The Morgan fingerprint density at radius 3 is 1.16 bits per heavy atom. The molecule has 2 fully saturated rings. The van der Waals surface area contributed by atoms with Crippen molar-refractivity contribution in [3.05, 3.63) is 92.5 Å². The average Bonchev–Trinajstić information content (AvgIpc) is 3.23. The molecule has 12 atom stereocenters. The van der Waals surface area contributed by atoms with Gasteiger partial charge in [-0.3, -0.25) is 38.6 Å². The summed E-state index contributed by atoms with van der Waals surface area (Å²) in [5.74, 6) is -17.7. The molecule has 2 amide bonds. The van der Waals surface area contributed by atoms with Crippen LogP contribution < -0.4 is 36.3 Å². The molecule has 0 aliphatic heterocycles. The highest BCUT2D eigenvalue weighted by molar-refractivity contribution is 6.26. The lowest BCUT2D eigenvalue weighted by Gasteiger charge is -2.53. The van der Waals surface area contributed by atoms with E-state index in [0.29, 0.717) is 11.1 Å². The Labute approximate surface area is 412 Å². The van der Waals surface area contributed by atoms with Crippen LogP contribution in [0.15, 0.2) is 70.2 Å². The van der Waals surface area contributed by atoms with Crippen LogP contribution in [0.25, 0.3) is 11.5 Å². The maximum atomic E-state index is 13.7. The van der Waals surface area contributed by atoms with E-state index in [9.17, 15) is 79.8 Å². The number of Topliss-reactive ketones (excluding diaryl/α,β-unsaturated/α-hetero) is 4. The molecule has 2 aromatic rings. The van der Waals surface area contributed by atoms with E-state index in [4.69, 9.17) is 16.6 Å². The van der Waals surface area contributed by atoms with Gasteiger partial charge in [0.1, 0.15) is 45.7 Å². The number of aliphatic hydroxyl groups excluding tert-OH is 7. The maximum Gasteiger partial charge on any atom is 0.255 e. The zero-order valence-corrected chi connectivity index (χ0v) is 40.1. The summed E-state index contributed by atoms with van der Waals surface area (Å²) in [5, 5.41) is 117. The first kappa shape index (κ1) is 58.4. The molecule has 0 bridgehead atoms. The van der Waals surface area contributed by atoms with E-state index in [-0.39, 0.29) is 59.5 Å². The molecule has 6 unspecified atom stereocenters. The number of aliphatic hydroxyl groups is 9. The Balaban J connectivity index is 0.000000337. The van der Waals surface area contributed by atoms with Crippen molar-refractivity contribution in [2.75, 3.05) is 34.8 Å². The van der Waals surface area contributed by atoms with Crippen LogP contribution in [0.1, 0.15) is 54.9 Å². The normalized spacial score (nSPS) is 31.7. The number of phenols is 2. The number of carbonyl (C=O) groups excluding carboxylic acids is 6. The van der Waals surface area contributed by atoms with Gasteiger partial charge in [0, 0.05) is 29.6 Å². The van der Waals surface area contributed by atoms with Gasteiger partial charge in [0.25, 0.3) is 11.8 Å². The molecule has 0 aromatic heterocycles. The minimum Gasteiger partial charge on any atom is -1.00 e. The van der Waals surface area contributed by atoms with Gasteiger partial charge < -0.3 is 97.9 Å². The lowest BCUT2D eigenvalue weighted by molar-refractivity contribution is -0.170. The summed E-state index contributed by atoms with van der Waals surface area (Å²) in [6.45, 7) is 5.28. The third kappa shape index (κ3) is 8.01. The number of fused-ring (bicyclic) bond motifs is 6. The van der Waals surface area contributed by atoms with Crippen LogP contribution >= 0.6 is 0 Å². The van der Waals surface area contributed by atoms with E-state index in [1.807, 2.05) is 0 Å². The zero-order valence-electron chi connectivity index (χ0n) is 38.6. The molecule has 24 heteroatoms. The summed E-state index contributed by atoms with van der Waals surface area (Å²) >= 11 is 0. The summed E-state index contributed by atoms with van der Waals surface area (Å²) < 4.78 is 0. The van der Waals surface area contributed by atoms with Crippen molar-refractivity contribution in [2.45, 2.75) is 68.1 Å². The lowest BCUT2D eigenvalue weighted by Crippen LogP contribution is -3.00. The molecule has 8 rings (SSSR count). The minimum atomic E-state index is -2.89. The van der Waals surface area contributed by atoms with Crippen molar-refractivity contribution in [1.82, 2.24) is 9.80 Å². The van der Waals surface area contributed by atoms with Crippen molar-refractivity contribution >= 4 is 46.5 Å². The molecule has 0 spiro atoms. The van der Waals surface area contributed by atoms with Crippen LogP contribution in [-0.4, -0.2) is 177 Å². The topological polar surface area (TPSA) is 415 Å². The minimum absolute atomic E-state index is 0. The van der Waals surface area contributed by atoms with E-state index < -0.39 is 151 Å². The summed E-state index contributed by atoms with van der Waals surface area (Å²) in [6, 6.07) is 6.26. The Morgan fingerprint density at radius 1 is 0.614 bits per heavy atom. The van der Waals surface area contributed by atoms with Crippen LogP contribution in [0, 0.1) is 23.7 Å². The quantitative estimate of drug-likeness (QED) is 0.127. The monoisotopic (exact) mass is 1020 g/mol. The Bertz CT molecular complexity index is 2490. The number of nitrogens with two attached hydrogens (primary N) is 2. The van der Waals surface area contributed by atoms with Gasteiger partial charge in [-0.15, -0.1) is 0 Å². The van der Waals surface area contributed by atoms with Gasteiger partial charge in [-0.1, -0.05) is 38.1 Å². The molecule has 2 aromatic carbocycles. The highest BCUT2D eigenvalue weighted by atomic mass is 35.5. The molecule has 2 saturated carbocycles. The maximum absolute atomic E-state index is 13.7. The number of benzene rings is 2. The fourth-order valence-electron chi connectivity index (χ4n) is 11.2. The van der Waals surface area contributed by atoms with E-state index in [1.54, 1.807) is 45.0 Å². The van der Waals surface area contributed by atoms with Gasteiger partial charge in [-0.25, -0.2) is 0 Å². The van der Waals surface area contributed by atoms with E-state index in [1.165, 1.54) is 50.1 Å². The first-order valence-corrected chi connectivity index (χ1v) is 21.1. The van der Waals surface area contributed by atoms with E-state index >= 15 is 0 Å². The Kier molecular flexibility index (Phi) is 17.0. The predicted molar refractivity (Wildman–Crippen MR) is 237 cm³/mol. The number of phenolic OH excluding ortho intramolecular Hbond substituents is 2. The molecular weight excluding hydrogens is 967 g/mol. The number of nitrogens with zero attached hydrogens (tertiary/aromatic N) is 2. The molecule has 0 radical (unpaired) electrons. The van der Waals surface area contributed by atoms with Crippen molar-refractivity contribution in [1.29, 1.82) is 0 Å². The zero-order chi connectivity index (χ0) is 50.4. The largest absolute Gasteiger partial charge is 1.00 e. The second-order valence-corrected chi connectivity index (χ2v) is 17.9. The summed E-state index contributed by atoms with van der Waals surface area (Å²) in [6.07, 6.45) is -3.18. The van der Waals surface area contributed by atoms with Crippen molar-refractivity contribution < 1.29 is 115 Å². The second-order valence-electron chi connectivity index (χ2n) is 17.9. The second kappa shape index (κ2) is 20.4. The van der Waals surface area contributed by atoms with Gasteiger partial charge in [-0.05, 0) is 70.2 Å². The molecule has 0 heterocycles. The number of hydrogen-bond acceptors (Lipinski definition) is 19. The smallest absolute Gasteiger partial charge is 0.255 e. The highest BCUT2D eigenvalue weighted by Gasteiger charge is 2.70. The molecule has 70 heavy (non-hydrogen) atoms. The van der Waals surface area contributed by atoms with Gasteiger partial charge in [0.15, 0.2) is 22.8 Å². The first-order chi connectivity index (χ1) is 31.1. The van der Waals surface area contributed by atoms with Gasteiger partial charge >= 0.3 is 0 Å². The lowest BCUT2D eigenvalue weighted by atomic mass is 9.54. The van der Waals surface area contributed by atoms with E-state index in [2.05, 4.69) is 0 Å². The van der Waals surface area contributed by atoms with Crippen LogP contribution in [0.2, 0.25) is 0 Å². The fourth-order valence-corrected chi connectivity index (χ4v) is 11.2. The molecule has 384 valence electrons. The standard InChI is InChI=1S/2C22H24N2O8.C2H6O.2ClH.H2O/c2*1-7-8-5-4-6-9(25)11(8)16(26)12-10(7)17(27)14-15(24(2)3)18(28)13(21(23)31)20(30)22(14,32)19(12)29;1-2-3;;;/h2*4-7,10,14-15,17,25-27,30,32H,1-3H3,(H2,23,31);3H,2H2,1H3;2*1H;1H2/p-2/t2*7?,10-,14-,15?,17?,22+;;;;/m11..../s1. The first-order valence-electron chi connectivity index (χ1n) is 21.1. The fraction of sp³-hybridized carbons (Fsp3) is 0.435. The molecule has 6 aliphatic carbocycles. The Morgan fingerprint density at radius 2 is 0.900 bits per heavy atom. The molecule has 17 N–H and O–H groups in total. The number of amides is 2. The van der Waals surface area contributed by atoms with Gasteiger partial charge in [-0.2, -0.15) is 0 Å². The number of halogens is 2. The number of likely N-dealkylation sites (N-methyl/N-ethyl adjacent to an activating group) is 2. The van der Waals surface area contributed by atoms with Crippen molar-refractivity contribution in [3.8, 4) is 11.5 Å². The average molecular weight is 1020 g/mol. The number of carbonyl (C=O) groups is 6. The molecular formula is C46H56Cl2N4O18-2. The van der Waals surface area contributed by atoms with Crippen molar-refractivity contribution in [3.63, 3.8) is 0 Å². The number of aromatic hydroxyl groups is 2. The number of primary amides is 2. The summed E-state index contributed by atoms with van der Waals surface area (Å²) in [7, 11) is 5.84. The van der Waals surface area contributed by atoms with Gasteiger partial charge in [0.05, 0.1) is 47.3 Å². The number of rotatable bonds is 4. The predicted octanol–water partition coefficient (Wildman–Crippen LogP) is -7.83. The third-order valence-electron chi connectivity index (χ3n) is 14.0. The SMILES string of the molecule is CC1c2cccc(O)c2C(O)=C2C(=O)[C@]3(O)C(O)=C(C(N)=O)C(=O)C(N(C)C)[C@@H]3C(O)[C@@H]21.CC1c2cccc(O)c2C(O)=C2C(=O)[C@]3(O)C(O)=C(C(N)=O)C(=O)C(N(C)C)[C@@H]3C(O)[C@@H]21.CCO.O.[Cl-].[Cl-]. The summed E-state index contributed by atoms with van der Waals surface area (Å²) in [5.41, 5.74) is 2.94. The highest BCUT2D eigenvalue weighted by Crippen LogP contribution is 2.58.